The van der Waals surface area contributed by atoms with Gasteiger partial charge in [0.25, 0.3) is 5.69 Å². The van der Waals surface area contributed by atoms with E-state index in [4.69, 9.17) is 5.26 Å². The molecule has 9 heteroatoms. The van der Waals surface area contributed by atoms with Crippen LogP contribution in [0.4, 0.5) is 17.2 Å². The first kappa shape index (κ1) is 17.9. The van der Waals surface area contributed by atoms with Crippen molar-refractivity contribution in [3.05, 3.63) is 46.1 Å². The molecule has 0 aliphatic carbocycles. The summed E-state index contributed by atoms with van der Waals surface area (Å²) in [7, 11) is 3.44. The van der Waals surface area contributed by atoms with Gasteiger partial charge in [-0.3, -0.25) is 19.6 Å². The zero-order valence-electron chi connectivity index (χ0n) is 14.0. The lowest BCUT2D eigenvalue weighted by Gasteiger charge is -2.09. The number of benzene rings is 1. The van der Waals surface area contributed by atoms with Gasteiger partial charge in [0.15, 0.2) is 5.82 Å². The predicted molar refractivity (Wildman–Crippen MR) is 91.2 cm³/mol. The summed E-state index contributed by atoms with van der Waals surface area (Å²) in [5, 5.41) is 27.2. The molecule has 1 amide bonds. The Morgan fingerprint density at radius 2 is 2.20 bits per heavy atom. The van der Waals surface area contributed by atoms with Crippen LogP contribution in [0.2, 0.25) is 0 Å². The summed E-state index contributed by atoms with van der Waals surface area (Å²) in [5.74, 6) is 0.583. The average Bonchev–Trinajstić information content (AvgIpc) is 3.02. The number of aryl methyl sites for hydroxylation is 1. The van der Waals surface area contributed by atoms with Gasteiger partial charge in [-0.2, -0.15) is 10.4 Å². The van der Waals surface area contributed by atoms with E-state index in [0.717, 1.165) is 0 Å². The number of hydrogen-bond acceptors (Lipinski definition) is 6. The van der Waals surface area contributed by atoms with E-state index in [-0.39, 0.29) is 17.2 Å². The monoisotopic (exact) mass is 342 g/mol. The number of nitrogens with one attached hydrogen (secondary N) is 1. The van der Waals surface area contributed by atoms with Gasteiger partial charge in [0, 0.05) is 51.5 Å². The zero-order chi connectivity index (χ0) is 18.4. The second-order valence-corrected chi connectivity index (χ2v) is 5.58. The molecule has 25 heavy (non-hydrogen) atoms. The van der Waals surface area contributed by atoms with Gasteiger partial charge in [0.1, 0.15) is 6.07 Å². The predicted octanol–water partition coefficient (Wildman–Crippen LogP) is 2.27. The Morgan fingerprint density at radius 3 is 2.84 bits per heavy atom. The molecule has 1 aromatic heterocycles. The smallest absolute Gasteiger partial charge is 0.270 e. The molecule has 0 spiro atoms. The molecule has 0 unspecified atom stereocenters. The normalized spacial score (nSPS) is 10.1. The Balaban J connectivity index is 2.00. The summed E-state index contributed by atoms with van der Waals surface area (Å²) in [6.45, 7) is 0.590. The highest BCUT2D eigenvalue weighted by Gasteiger charge is 2.11. The van der Waals surface area contributed by atoms with Gasteiger partial charge >= 0.3 is 0 Å². The van der Waals surface area contributed by atoms with Gasteiger partial charge in [-0.25, -0.2) is 0 Å². The van der Waals surface area contributed by atoms with Gasteiger partial charge in [0.2, 0.25) is 5.91 Å². The van der Waals surface area contributed by atoms with E-state index in [1.165, 1.54) is 18.2 Å². The van der Waals surface area contributed by atoms with Gasteiger partial charge in [-0.15, -0.1) is 0 Å². The van der Waals surface area contributed by atoms with Crippen LogP contribution in [0.15, 0.2) is 30.5 Å². The van der Waals surface area contributed by atoms with Crippen molar-refractivity contribution in [1.82, 2.24) is 14.7 Å². The Hall–Kier alpha value is -3.41. The molecule has 130 valence electrons. The maximum absolute atomic E-state index is 11.5. The molecule has 2 aromatic rings. The summed E-state index contributed by atoms with van der Waals surface area (Å²) >= 11 is 0. The molecule has 1 N–H and O–H groups in total. The summed E-state index contributed by atoms with van der Waals surface area (Å²) in [5.41, 5.74) is 0.472. The number of nitriles is 1. The highest BCUT2D eigenvalue weighted by atomic mass is 16.6. The molecule has 9 nitrogen and oxygen atoms in total. The fourth-order valence-electron chi connectivity index (χ4n) is 2.15. The van der Waals surface area contributed by atoms with E-state index >= 15 is 0 Å². The first-order chi connectivity index (χ1) is 11.9. The highest BCUT2D eigenvalue weighted by molar-refractivity contribution is 5.75. The molecule has 0 aliphatic heterocycles. The largest absolute Gasteiger partial charge is 0.349 e. The molecule has 0 fully saturated rings. The van der Waals surface area contributed by atoms with Crippen LogP contribution < -0.4 is 5.32 Å². The average molecular weight is 342 g/mol. The number of nitro benzene ring substituents is 1. The number of non-ortho nitro benzene ring substituents is 1. The van der Waals surface area contributed by atoms with Crippen LogP contribution in [-0.4, -0.2) is 39.6 Å². The maximum atomic E-state index is 11.5. The quantitative estimate of drug-likeness (QED) is 0.609. The van der Waals surface area contributed by atoms with Crippen molar-refractivity contribution >= 4 is 23.1 Å². The number of hydrogen-bond donors (Lipinski definition) is 1. The second kappa shape index (κ2) is 7.92. The van der Waals surface area contributed by atoms with E-state index in [1.807, 2.05) is 6.07 Å². The van der Waals surface area contributed by atoms with E-state index in [0.29, 0.717) is 30.9 Å². The molecule has 1 heterocycles. The van der Waals surface area contributed by atoms with Gasteiger partial charge in [-0.05, 0) is 12.5 Å². The third kappa shape index (κ3) is 4.78. The highest BCUT2D eigenvalue weighted by Crippen LogP contribution is 2.24. The van der Waals surface area contributed by atoms with Crippen LogP contribution in [0.1, 0.15) is 18.4 Å². The lowest BCUT2D eigenvalue weighted by atomic mass is 10.1. The fraction of sp³-hybridized carbons (Fsp3) is 0.312. The van der Waals surface area contributed by atoms with E-state index in [1.54, 1.807) is 35.9 Å². The van der Waals surface area contributed by atoms with Crippen LogP contribution in [-0.2, 0) is 11.3 Å². The molecule has 0 saturated carbocycles. The number of rotatable bonds is 7. The molecule has 2 rings (SSSR count). The van der Waals surface area contributed by atoms with Crippen LogP contribution >= 0.6 is 0 Å². The van der Waals surface area contributed by atoms with Gasteiger partial charge in [-0.1, -0.05) is 0 Å². The maximum Gasteiger partial charge on any atom is 0.270 e. The zero-order valence-corrected chi connectivity index (χ0v) is 14.0. The Bertz CT molecular complexity index is 822. The Kier molecular flexibility index (Phi) is 5.68. The van der Waals surface area contributed by atoms with Crippen LogP contribution in [0.25, 0.3) is 0 Å². The van der Waals surface area contributed by atoms with E-state index < -0.39 is 4.92 Å². The summed E-state index contributed by atoms with van der Waals surface area (Å²) in [6.07, 6.45) is 2.87. The Morgan fingerprint density at radius 1 is 1.44 bits per heavy atom. The molecular formula is C16H18N6O3. The number of carbonyl (C=O) groups is 1. The minimum atomic E-state index is -0.547. The third-order valence-corrected chi connectivity index (χ3v) is 3.51. The number of anilines is 2. The minimum Gasteiger partial charge on any atom is -0.349 e. The van der Waals surface area contributed by atoms with Crippen LogP contribution in [0.5, 0.6) is 0 Å². The molecule has 0 radical (unpaired) electrons. The van der Waals surface area contributed by atoms with Crippen LogP contribution in [0.3, 0.4) is 0 Å². The van der Waals surface area contributed by atoms with Crippen molar-refractivity contribution in [2.75, 3.05) is 19.4 Å². The molecule has 1 aromatic carbocycles. The van der Waals surface area contributed by atoms with Crippen molar-refractivity contribution in [2.45, 2.75) is 19.4 Å². The molecule has 0 aliphatic rings. The fourth-order valence-corrected chi connectivity index (χ4v) is 2.15. The summed E-state index contributed by atoms with van der Waals surface area (Å²) in [4.78, 5) is 23.3. The number of amides is 1. The Labute approximate surface area is 144 Å². The summed E-state index contributed by atoms with van der Waals surface area (Å²) < 4.78 is 1.70. The molecule has 0 saturated heterocycles. The van der Waals surface area contributed by atoms with Crippen molar-refractivity contribution in [3.63, 3.8) is 0 Å². The first-order valence-electron chi connectivity index (χ1n) is 7.60. The molecular weight excluding hydrogens is 324 g/mol. The SMILES string of the molecule is CN(C)C(=O)CCCn1ccc(Nc2ccc([N+](=O)[O-])cc2C#N)n1. The second-order valence-electron chi connectivity index (χ2n) is 5.58. The van der Waals surface area contributed by atoms with Crippen molar-refractivity contribution in [2.24, 2.45) is 0 Å². The third-order valence-electron chi connectivity index (χ3n) is 3.51. The minimum absolute atomic E-state index is 0.0649. The number of nitrogens with zero attached hydrogens (tertiary/aromatic N) is 5. The van der Waals surface area contributed by atoms with Crippen LogP contribution in [0, 0.1) is 21.4 Å². The van der Waals surface area contributed by atoms with E-state index in [9.17, 15) is 14.9 Å². The van der Waals surface area contributed by atoms with Crippen molar-refractivity contribution < 1.29 is 9.72 Å². The molecule has 0 atom stereocenters. The topological polar surface area (TPSA) is 117 Å². The lowest BCUT2D eigenvalue weighted by Crippen LogP contribution is -2.21. The molecule has 0 bridgehead atoms. The van der Waals surface area contributed by atoms with Gasteiger partial charge in [0.05, 0.1) is 16.2 Å². The van der Waals surface area contributed by atoms with Gasteiger partial charge < -0.3 is 10.2 Å². The van der Waals surface area contributed by atoms with Crippen molar-refractivity contribution in [1.29, 1.82) is 5.26 Å². The number of carbonyl (C=O) groups excluding carboxylic acids is 1. The number of nitro groups is 1. The number of aromatic nitrogens is 2. The standard InChI is InChI=1S/C16H18N6O3/c1-20(2)16(23)4-3-8-21-9-7-15(19-21)18-14-6-5-13(22(24)25)10-12(14)11-17/h5-7,9-10H,3-4,8H2,1-2H3,(H,18,19). The first-order valence-corrected chi connectivity index (χ1v) is 7.60. The van der Waals surface area contributed by atoms with E-state index in [2.05, 4.69) is 10.4 Å². The summed E-state index contributed by atoms with van der Waals surface area (Å²) in [6, 6.07) is 7.68. The lowest BCUT2D eigenvalue weighted by molar-refractivity contribution is -0.384. The van der Waals surface area contributed by atoms with Crippen molar-refractivity contribution in [3.8, 4) is 6.07 Å².